The summed E-state index contributed by atoms with van der Waals surface area (Å²) in [6.45, 7) is 1.73. The predicted octanol–water partition coefficient (Wildman–Crippen LogP) is 3.77. The van der Waals surface area contributed by atoms with Crippen LogP contribution in [0.3, 0.4) is 0 Å². The molecular weight excluding hydrogens is 331 g/mol. The maximum atomic E-state index is 12.1. The molecule has 0 aliphatic heterocycles. The molecule has 0 radical (unpaired) electrons. The summed E-state index contributed by atoms with van der Waals surface area (Å²) in [7, 11) is 0. The van der Waals surface area contributed by atoms with E-state index in [2.05, 4.69) is 10.1 Å². The summed E-state index contributed by atoms with van der Waals surface area (Å²) in [6.07, 6.45) is -5.24. The molecule has 1 aromatic carbocycles. The van der Waals surface area contributed by atoms with Crippen molar-refractivity contribution in [3.8, 4) is 16.9 Å². The average Bonchev–Trinajstić information content (AvgIpc) is 2.96. The van der Waals surface area contributed by atoms with Gasteiger partial charge in [0.05, 0.1) is 4.88 Å². The monoisotopic (exact) mass is 345 g/mol. The van der Waals surface area contributed by atoms with Crippen LogP contribution in [0.4, 0.5) is 13.2 Å². The first-order valence-electron chi connectivity index (χ1n) is 6.72. The SMILES string of the molecule is CCC(O)NC(=O)c1cc(-c2ccc(OC(F)(F)F)cc2)cs1. The number of ether oxygens (including phenoxy) is 1. The zero-order chi connectivity index (χ0) is 17.0. The number of benzene rings is 1. The van der Waals surface area contributed by atoms with Crippen molar-refractivity contribution < 1.29 is 27.8 Å². The van der Waals surface area contributed by atoms with E-state index in [1.54, 1.807) is 18.4 Å². The molecule has 1 aromatic heterocycles. The van der Waals surface area contributed by atoms with E-state index in [0.717, 1.165) is 0 Å². The molecule has 0 saturated carbocycles. The molecule has 0 spiro atoms. The Kier molecular flexibility index (Phi) is 5.27. The van der Waals surface area contributed by atoms with Gasteiger partial charge in [0.1, 0.15) is 12.0 Å². The van der Waals surface area contributed by atoms with Gasteiger partial charge in [-0.05, 0) is 41.1 Å². The Hall–Kier alpha value is -2.06. The number of aliphatic hydroxyl groups is 1. The molecule has 1 amide bonds. The minimum Gasteiger partial charge on any atom is -0.406 e. The molecule has 0 bridgehead atoms. The van der Waals surface area contributed by atoms with Crippen molar-refractivity contribution in [2.75, 3.05) is 0 Å². The number of aliphatic hydroxyl groups excluding tert-OH is 1. The topological polar surface area (TPSA) is 58.6 Å². The first-order valence-corrected chi connectivity index (χ1v) is 7.60. The molecule has 2 aromatic rings. The van der Waals surface area contributed by atoms with Gasteiger partial charge in [-0.25, -0.2) is 0 Å². The summed E-state index contributed by atoms with van der Waals surface area (Å²) in [6, 6.07) is 6.99. The number of rotatable bonds is 5. The van der Waals surface area contributed by atoms with E-state index in [4.69, 9.17) is 0 Å². The highest BCUT2D eigenvalue weighted by Crippen LogP contribution is 2.29. The zero-order valence-corrected chi connectivity index (χ0v) is 12.9. The van der Waals surface area contributed by atoms with E-state index in [1.807, 2.05) is 0 Å². The highest BCUT2D eigenvalue weighted by atomic mass is 32.1. The lowest BCUT2D eigenvalue weighted by atomic mass is 10.1. The van der Waals surface area contributed by atoms with E-state index < -0.39 is 18.5 Å². The van der Waals surface area contributed by atoms with Crippen LogP contribution in [-0.4, -0.2) is 23.6 Å². The molecule has 1 atom stereocenters. The number of nitrogens with one attached hydrogen (secondary N) is 1. The number of thiophene rings is 1. The minimum atomic E-state index is -4.73. The van der Waals surface area contributed by atoms with Crippen LogP contribution in [0.15, 0.2) is 35.7 Å². The van der Waals surface area contributed by atoms with Gasteiger partial charge in [-0.2, -0.15) is 0 Å². The van der Waals surface area contributed by atoms with Crippen LogP contribution < -0.4 is 10.1 Å². The molecule has 124 valence electrons. The van der Waals surface area contributed by atoms with E-state index in [0.29, 0.717) is 22.4 Å². The number of carbonyl (C=O) groups excluding carboxylic acids is 1. The summed E-state index contributed by atoms with van der Waals surface area (Å²) in [5.74, 6) is -0.701. The van der Waals surface area contributed by atoms with Crippen molar-refractivity contribution in [3.63, 3.8) is 0 Å². The highest BCUT2D eigenvalue weighted by molar-refractivity contribution is 7.12. The molecule has 0 aliphatic rings. The summed E-state index contributed by atoms with van der Waals surface area (Å²) in [4.78, 5) is 12.3. The Labute approximate surface area is 134 Å². The van der Waals surface area contributed by atoms with E-state index in [9.17, 15) is 23.1 Å². The van der Waals surface area contributed by atoms with E-state index in [1.165, 1.54) is 35.6 Å². The molecule has 0 fully saturated rings. The van der Waals surface area contributed by atoms with E-state index in [-0.39, 0.29) is 5.75 Å². The maximum absolute atomic E-state index is 12.1. The van der Waals surface area contributed by atoms with Gasteiger partial charge in [0.15, 0.2) is 0 Å². The van der Waals surface area contributed by atoms with Gasteiger partial charge < -0.3 is 15.2 Å². The summed E-state index contributed by atoms with van der Waals surface area (Å²) in [5.41, 5.74) is 1.36. The van der Waals surface area contributed by atoms with Crippen molar-refractivity contribution in [1.29, 1.82) is 0 Å². The molecular formula is C15H14F3NO3S. The third-order valence-corrected chi connectivity index (χ3v) is 3.86. The fraction of sp³-hybridized carbons (Fsp3) is 0.267. The molecule has 4 nitrogen and oxygen atoms in total. The van der Waals surface area contributed by atoms with Crippen molar-refractivity contribution >= 4 is 17.2 Å². The van der Waals surface area contributed by atoms with Gasteiger partial charge in [0, 0.05) is 0 Å². The fourth-order valence-corrected chi connectivity index (χ4v) is 2.60. The molecule has 23 heavy (non-hydrogen) atoms. The standard InChI is InChI=1S/C15H14F3NO3S/c1-2-13(20)19-14(21)12-7-10(8-23-12)9-3-5-11(6-4-9)22-15(16,17)18/h3-8,13,20H,2H2,1H3,(H,19,21). The number of hydrogen-bond acceptors (Lipinski definition) is 4. The van der Waals surface area contributed by atoms with Crippen molar-refractivity contribution in [2.24, 2.45) is 0 Å². The lowest BCUT2D eigenvalue weighted by molar-refractivity contribution is -0.274. The smallest absolute Gasteiger partial charge is 0.406 e. The second-order valence-corrected chi connectivity index (χ2v) is 5.58. The van der Waals surface area contributed by atoms with Crippen LogP contribution in [0, 0.1) is 0 Å². The maximum Gasteiger partial charge on any atom is 0.573 e. The van der Waals surface area contributed by atoms with Crippen LogP contribution in [0.5, 0.6) is 5.75 Å². The molecule has 0 aliphatic carbocycles. The first-order chi connectivity index (χ1) is 10.8. The van der Waals surface area contributed by atoms with Crippen LogP contribution in [-0.2, 0) is 0 Å². The largest absolute Gasteiger partial charge is 0.573 e. The molecule has 8 heteroatoms. The fourth-order valence-electron chi connectivity index (χ4n) is 1.78. The first kappa shape index (κ1) is 17.3. The molecule has 2 N–H and O–H groups in total. The van der Waals surface area contributed by atoms with Gasteiger partial charge in [-0.15, -0.1) is 24.5 Å². The summed E-state index contributed by atoms with van der Waals surface area (Å²) >= 11 is 1.18. The van der Waals surface area contributed by atoms with Gasteiger partial charge in [-0.3, -0.25) is 4.79 Å². The zero-order valence-electron chi connectivity index (χ0n) is 12.1. The molecule has 1 heterocycles. The van der Waals surface area contributed by atoms with Gasteiger partial charge in [0.25, 0.3) is 5.91 Å². The second-order valence-electron chi connectivity index (χ2n) is 4.67. The van der Waals surface area contributed by atoms with Gasteiger partial charge in [0.2, 0.25) is 0 Å². The lowest BCUT2D eigenvalue weighted by Crippen LogP contribution is -2.33. The van der Waals surface area contributed by atoms with Crippen LogP contribution in [0.1, 0.15) is 23.0 Å². The Morgan fingerprint density at radius 3 is 2.52 bits per heavy atom. The molecule has 2 rings (SSSR count). The third kappa shape index (κ3) is 4.97. The number of carbonyl (C=O) groups is 1. The third-order valence-electron chi connectivity index (χ3n) is 2.93. The minimum absolute atomic E-state index is 0.305. The second kappa shape index (κ2) is 7.01. The van der Waals surface area contributed by atoms with Crippen molar-refractivity contribution in [1.82, 2.24) is 5.32 Å². The van der Waals surface area contributed by atoms with Gasteiger partial charge >= 0.3 is 6.36 Å². The predicted molar refractivity (Wildman–Crippen MR) is 80.2 cm³/mol. The summed E-state index contributed by atoms with van der Waals surface area (Å²) < 4.78 is 40.1. The van der Waals surface area contributed by atoms with E-state index >= 15 is 0 Å². The van der Waals surface area contributed by atoms with Crippen LogP contribution in [0.25, 0.3) is 11.1 Å². The van der Waals surface area contributed by atoms with Gasteiger partial charge in [-0.1, -0.05) is 19.1 Å². The number of hydrogen-bond donors (Lipinski definition) is 2. The summed E-state index contributed by atoms with van der Waals surface area (Å²) in [5, 5.41) is 13.5. The number of alkyl halides is 3. The quantitative estimate of drug-likeness (QED) is 0.811. The molecule has 0 saturated heterocycles. The van der Waals surface area contributed by atoms with Crippen LogP contribution >= 0.6 is 11.3 Å². The normalized spacial score (nSPS) is 12.7. The lowest BCUT2D eigenvalue weighted by Gasteiger charge is -2.09. The van der Waals surface area contributed by atoms with Crippen LogP contribution in [0.2, 0.25) is 0 Å². The Bertz CT molecular complexity index is 667. The highest BCUT2D eigenvalue weighted by Gasteiger charge is 2.30. The van der Waals surface area contributed by atoms with Crippen molar-refractivity contribution in [2.45, 2.75) is 25.9 Å². The Morgan fingerprint density at radius 1 is 1.30 bits per heavy atom. The number of amides is 1. The average molecular weight is 345 g/mol. The van der Waals surface area contributed by atoms with Crippen molar-refractivity contribution in [3.05, 3.63) is 40.6 Å². The Morgan fingerprint density at radius 2 is 1.96 bits per heavy atom. The number of halogens is 3. The Balaban J connectivity index is 2.10. The molecule has 1 unspecified atom stereocenters.